The Morgan fingerprint density at radius 3 is 2.47 bits per heavy atom. The molecular formula is C12H11BrN2OS. The lowest BCUT2D eigenvalue weighted by Crippen LogP contribution is -2.16. The average Bonchev–Trinajstić information content (AvgIpc) is 2.26. The summed E-state index contributed by atoms with van der Waals surface area (Å²) in [4.78, 5) is 17.3. The van der Waals surface area contributed by atoms with Crippen molar-refractivity contribution in [2.75, 3.05) is 0 Å². The predicted octanol–water partition coefficient (Wildman–Crippen LogP) is 3.09. The first-order valence-corrected chi connectivity index (χ1v) is 6.33. The van der Waals surface area contributed by atoms with E-state index >= 15 is 0 Å². The van der Waals surface area contributed by atoms with Gasteiger partial charge in [0.2, 0.25) is 0 Å². The summed E-state index contributed by atoms with van der Waals surface area (Å²) < 4.78 is 1.39. The highest BCUT2D eigenvalue weighted by Crippen LogP contribution is 2.13. The van der Waals surface area contributed by atoms with Gasteiger partial charge in [-0.1, -0.05) is 28.1 Å². The van der Waals surface area contributed by atoms with Gasteiger partial charge in [-0.3, -0.25) is 9.78 Å². The molecule has 0 spiro atoms. The quantitative estimate of drug-likeness (QED) is 0.837. The van der Waals surface area contributed by atoms with E-state index in [1.165, 1.54) is 0 Å². The van der Waals surface area contributed by atoms with Crippen LogP contribution in [-0.2, 0) is 6.42 Å². The molecule has 0 aliphatic heterocycles. The van der Waals surface area contributed by atoms with E-state index < -0.39 is 0 Å². The number of rotatable bonds is 2. The maximum absolute atomic E-state index is 11.8. The first-order chi connectivity index (χ1) is 8.06. The number of hydrogen-bond acceptors (Lipinski definition) is 2. The van der Waals surface area contributed by atoms with Crippen LogP contribution in [-0.4, -0.2) is 9.97 Å². The molecule has 1 aromatic heterocycles. The van der Waals surface area contributed by atoms with Crippen molar-refractivity contribution in [2.45, 2.75) is 13.3 Å². The normalized spacial score (nSPS) is 10.5. The molecule has 2 rings (SSSR count). The van der Waals surface area contributed by atoms with Gasteiger partial charge < -0.3 is 4.98 Å². The molecule has 2 N–H and O–H groups in total. The highest BCUT2D eigenvalue weighted by molar-refractivity contribution is 9.10. The summed E-state index contributed by atoms with van der Waals surface area (Å²) in [6.45, 7) is 1.86. The predicted molar refractivity (Wildman–Crippen MR) is 73.9 cm³/mol. The summed E-state index contributed by atoms with van der Waals surface area (Å²) in [7, 11) is 0. The van der Waals surface area contributed by atoms with E-state index in [1.807, 2.05) is 31.2 Å². The average molecular weight is 311 g/mol. The Morgan fingerprint density at radius 2 is 1.88 bits per heavy atom. The van der Waals surface area contributed by atoms with Crippen LogP contribution in [0.5, 0.6) is 0 Å². The summed E-state index contributed by atoms with van der Waals surface area (Å²) in [5.74, 6) is 0. The lowest BCUT2D eigenvalue weighted by molar-refractivity contribution is 0.963. The number of nitrogens with one attached hydrogen (secondary N) is 2. The minimum absolute atomic E-state index is 0.117. The zero-order valence-corrected chi connectivity index (χ0v) is 11.6. The van der Waals surface area contributed by atoms with Gasteiger partial charge in [0.25, 0.3) is 5.56 Å². The fraction of sp³-hybridized carbons (Fsp3) is 0.167. The number of aromatic nitrogens is 2. The SMILES string of the molecule is Cc1[nH]c(=S)[nH]c(=O)c1Cc1ccc(Br)cc1. The summed E-state index contributed by atoms with van der Waals surface area (Å²) in [5, 5.41) is 0. The maximum atomic E-state index is 11.8. The molecule has 1 heterocycles. The molecule has 1 aromatic carbocycles. The van der Waals surface area contributed by atoms with Crippen molar-refractivity contribution >= 4 is 28.1 Å². The Balaban J connectivity index is 2.40. The van der Waals surface area contributed by atoms with E-state index in [2.05, 4.69) is 25.9 Å². The third-order valence-corrected chi connectivity index (χ3v) is 3.28. The number of aromatic amines is 2. The molecule has 0 saturated heterocycles. The largest absolute Gasteiger partial charge is 0.336 e. The minimum atomic E-state index is -0.117. The van der Waals surface area contributed by atoms with Crippen LogP contribution in [0.15, 0.2) is 33.5 Å². The molecule has 0 atom stereocenters. The van der Waals surface area contributed by atoms with E-state index in [9.17, 15) is 4.79 Å². The molecule has 3 nitrogen and oxygen atoms in total. The van der Waals surface area contributed by atoms with Crippen molar-refractivity contribution < 1.29 is 0 Å². The first-order valence-electron chi connectivity index (χ1n) is 5.13. The Bertz CT molecular complexity index is 643. The summed E-state index contributed by atoms with van der Waals surface area (Å²) in [6.07, 6.45) is 0.598. The smallest absolute Gasteiger partial charge is 0.255 e. The molecule has 17 heavy (non-hydrogen) atoms. The van der Waals surface area contributed by atoms with E-state index in [1.54, 1.807) is 0 Å². The Morgan fingerprint density at radius 1 is 1.24 bits per heavy atom. The van der Waals surface area contributed by atoms with Crippen molar-refractivity contribution in [3.8, 4) is 0 Å². The van der Waals surface area contributed by atoms with Crippen LogP contribution in [0, 0.1) is 11.7 Å². The van der Waals surface area contributed by atoms with Gasteiger partial charge in [0.1, 0.15) is 0 Å². The highest BCUT2D eigenvalue weighted by Gasteiger charge is 2.05. The van der Waals surface area contributed by atoms with Crippen LogP contribution < -0.4 is 5.56 Å². The van der Waals surface area contributed by atoms with Crippen LogP contribution in [0.1, 0.15) is 16.8 Å². The van der Waals surface area contributed by atoms with Crippen LogP contribution in [0.3, 0.4) is 0 Å². The first kappa shape index (κ1) is 12.3. The third kappa shape index (κ3) is 2.92. The summed E-state index contributed by atoms with van der Waals surface area (Å²) in [5.41, 5.74) is 2.52. The zero-order valence-electron chi connectivity index (χ0n) is 9.21. The van der Waals surface area contributed by atoms with Gasteiger partial charge in [-0.15, -0.1) is 0 Å². The van der Waals surface area contributed by atoms with Crippen molar-refractivity contribution in [2.24, 2.45) is 0 Å². The number of halogens is 1. The van der Waals surface area contributed by atoms with Crippen molar-refractivity contribution in [3.05, 3.63) is 60.7 Å². The molecule has 0 aliphatic carbocycles. The lowest BCUT2D eigenvalue weighted by atomic mass is 10.1. The number of aryl methyl sites for hydroxylation is 1. The fourth-order valence-electron chi connectivity index (χ4n) is 1.65. The lowest BCUT2D eigenvalue weighted by Gasteiger charge is -2.05. The number of benzene rings is 1. The van der Waals surface area contributed by atoms with Gasteiger partial charge in [0, 0.05) is 22.2 Å². The second-order valence-electron chi connectivity index (χ2n) is 3.82. The van der Waals surface area contributed by atoms with Crippen molar-refractivity contribution in [3.63, 3.8) is 0 Å². The maximum Gasteiger partial charge on any atom is 0.255 e. The van der Waals surface area contributed by atoms with Gasteiger partial charge in [0.05, 0.1) is 0 Å². The van der Waals surface area contributed by atoms with Crippen LogP contribution >= 0.6 is 28.1 Å². The molecule has 2 aromatic rings. The van der Waals surface area contributed by atoms with Crippen LogP contribution in [0.25, 0.3) is 0 Å². The van der Waals surface area contributed by atoms with Gasteiger partial charge in [0.15, 0.2) is 4.77 Å². The molecule has 5 heteroatoms. The minimum Gasteiger partial charge on any atom is -0.336 e. The van der Waals surface area contributed by atoms with Crippen LogP contribution in [0.4, 0.5) is 0 Å². The molecule has 0 amide bonds. The van der Waals surface area contributed by atoms with Gasteiger partial charge in [-0.25, -0.2) is 0 Å². The summed E-state index contributed by atoms with van der Waals surface area (Å²) in [6, 6.07) is 7.91. The molecular weight excluding hydrogens is 300 g/mol. The van der Waals surface area contributed by atoms with Gasteiger partial charge >= 0.3 is 0 Å². The Kier molecular flexibility index (Phi) is 3.59. The van der Waals surface area contributed by atoms with Gasteiger partial charge in [-0.2, -0.15) is 0 Å². The second-order valence-corrected chi connectivity index (χ2v) is 5.14. The molecule has 0 radical (unpaired) electrons. The number of H-pyrrole nitrogens is 2. The molecule has 0 aliphatic rings. The zero-order chi connectivity index (χ0) is 12.4. The Labute approximate surface area is 112 Å². The van der Waals surface area contributed by atoms with E-state index in [-0.39, 0.29) is 5.56 Å². The van der Waals surface area contributed by atoms with E-state index in [4.69, 9.17) is 12.2 Å². The molecule has 0 bridgehead atoms. The standard InChI is InChI=1S/C12H11BrN2OS/c1-7-10(11(16)15-12(17)14-7)6-8-2-4-9(13)5-3-8/h2-5H,6H2,1H3,(H2,14,15,16,17). The van der Waals surface area contributed by atoms with Gasteiger partial charge in [-0.05, 0) is 36.8 Å². The molecule has 0 unspecified atom stereocenters. The third-order valence-electron chi connectivity index (χ3n) is 2.55. The van der Waals surface area contributed by atoms with Crippen molar-refractivity contribution in [1.82, 2.24) is 9.97 Å². The fourth-order valence-corrected chi connectivity index (χ4v) is 2.16. The highest BCUT2D eigenvalue weighted by atomic mass is 79.9. The summed E-state index contributed by atoms with van der Waals surface area (Å²) >= 11 is 8.29. The van der Waals surface area contributed by atoms with E-state index in [0.717, 1.165) is 21.3 Å². The topological polar surface area (TPSA) is 48.6 Å². The van der Waals surface area contributed by atoms with Crippen LogP contribution in [0.2, 0.25) is 0 Å². The number of hydrogen-bond donors (Lipinski definition) is 2. The monoisotopic (exact) mass is 310 g/mol. The second kappa shape index (κ2) is 4.98. The molecule has 88 valence electrons. The Hall–Kier alpha value is -1.20. The molecule has 0 saturated carbocycles. The molecule has 0 fully saturated rings. The van der Waals surface area contributed by atoms with E-state index in [0.29, 0.717) is 11.2 Å². The van der Waals surface area contributed by atoms with Crippen molar-refractivity contribution in [1.29, 1.82) is 0 Å².